The van der Waals surface area contributed by atoms with Crippen molar-refractivity contribution >= 4 is 35.6 Å². The van der Waals surface area contributed by atoms with Crippen molar-refractivity contribution in [2.75, 3.05) is 18.1 Å². The molecule has 0 aliphatic carbocycles. The van der Waals surface area contributed by atoms with E-state index >= 15 is 0 Å². The normalized spacial score (nSPS) is 15.2. The Morgan fingerprint density at radius 3 is 2.33 bits per heavy atom. The summed E-state index contributed by atoms with van der Waals surface area (Å²) in [7, 11) is 0. The number of nitrogens with one attached hydrogen (secondary N) is 1. The van der Waals surface area contributed by atoms with Gasteiger partial charge in [0.2, 0.25) is 0 Å². The fourth-order valence-electron chi connectivity index (χ4n) is 2.76. The summed E-state index contributed by atoms with van der Waals surface area (Å²) in [5.41, 5.74) is 1.72. The molecule has 8 nitrogen and oxygen atoms in total. The summed E-state index contributed by atoms with van der Waals surface area (Å²) in [4.78, 5) is 49.5. The molecule has 0 atom stereocenters. The van der Waals surface area contributed by atoms with E-state index in [9.17, 15) is 19.2 Å². The zero-order valence-corrected chi connectivity index (χ0v) is 16.5. The molecule has 0 bridgehead atoms. The Bertz CT molecular complexity index is 1010. The predicted molar refractivity (Wildman–Crippen MR) is 109 cm³/mol. The molecule has 154 valence electrons. The minimum atomic E-state index is -0.797. The van der Waals surface area contributed by atoms with E-state index in [0.29, 0.717) is 17.0 Å². The van der Waals surface area contributed by atoms with Crippen LogP contribution >= 0.6 is 0 Å². The molecule has 0 unspecified atom stereocenters. The van der Waals surface area contributed by atoms with Crippen LogP contribution in [-0.4, -0.2) is 37.0 Å². The van der Waals surface area contributed by atoms with Crippen LogP contribution in [0.15, 0.2) is 54.1 Å². The van der Waals surface area contributed by atoms with Gasteiger partial charge in [-0.1, -0.05) is 29.8 Å². The van der Waals surface area contributed by atoms with Crippen molar-refractivity contribution in [2.45, 2.75) is 13.8 Å². The highest BCUT2D eigenvalue weighted by molar-refractivity contribution is 6.39. The van der Waals surface area contributed by atoms with Crippen LogP contribution in [0.3, 0.4) is 0 Å². The summed E-state index contributed by atoms with van der Waals surface area (Å²) in [6, 6.07) is 12.5. The van der Waals surface area contributed by atoms with Gasteiger partial charge in [-0.05, 0) is 49.8 Å². The van der Waals surface area contributed by atoms with E-state index in [1.165, 1.54) is 6.08 Å². The SMILES string of the molecule is CCOC(=O)COc1ccc(/C=C2/C(=O)NC(=O)N(c3ccc(C)cc3)C2=O)cc1. The fraction of sp³-hybridized carbons (Fsp3) is 0.182. The molecule has 4 amide bonds. The number of carbonyl (C=O) groups excluding carboxylic acids is 4. The van der Waals surface area contributed by atoms with Crippen LogP contribution in [-0.2, 0) is 19.1 Å². The number of rotatable bonds is 6. The first-order valence-electron chi connectivity index (χ1n) is 9.25. The third-order valence-corrected chi connectivity index (χ3v) is 4.25. The standard InChI is InChI=1S/C22H20N2O6/c1-3-29-19(25)13-30-17-10-6-15(7-11-17)12-18-20(26)23-22(28)24(21(18)27)16-8-4-14(2)5-9-16/h4-12H,3,13H2,1-2H3,(H,23,26,28)/b18-12-. The lowest BCUT2D eigenvalue weighted by Gasteiger charge is -2.26. The monoisotopic (exact) mass is 408 g/mol. The Morgan fingerprint density at radius 2 is 1.70 bits per heavy atom. The largest absolute Gasteiger partial charge is 0.482 e. The van der Waals surface area contributed by atoms with Gasteiger partial charge in [0.15, 0.2) is 6.61 Å². The minimum Gasteiger partial charge on any atom is -0.482 e. The van der Waals surface area contributed by atoms with Crippen LogP contribution < -0.4 is 15.0 Å². The van der Waals surface area contributed by atoms with Crippen molar-refractivity contribution in [1.82, 2.24) is 5.32 Å². The maximum absolute atomic E-state index is 12.8. The quantitative estimate of drug-likeness (QED) is 0.448. The number of nitrogens with zero attached hydrogens (tertiary/aromatic N) is 1. The van der Waals surface area contributed by atoms with Gasteiger partial charge >= 0.3 is 12.0 Å². The highest BCUT2D eigenvalue weighted by atomic mass is 16.6. The first kappa shape index (κ1) is 20.8. The molecule has 3 rings (SSSR count). The van der Waals surface area contributed by atoms with Crippen LogP contribution in [0.1, 0.15) is 18.1 Å². The minimum absolute atomic E-state index is 0.171. The number of anilines is 1. The van der Waals surface area contributed by atoms with Crippen LogP contribution in [0.25, 0.3) is 6.08 Å². The number of imide groups is 2. The average molecular weight is 408 g/mol. The van der Waals surface area contributed by atoms with E-state index in [0.717, 1.165) is 10.5 Å². The van der Waals surface area contributed by atoms with Crippen molar-refractivity contribution in [3.63, 3.8) is 0 Å². The highest BCUT2D eigenvalue weighted by Gasteiger charge is 2.36. The van der Waals surface area contributed by atoms with E-state index in [-0.39, 0.29) is 18.8 Å². The van der Waals surface area contributed by atoms with Crippen LogP contribution in [0.2, 0.25) is 0 Å². The van der Waals surface area contributed by atoms with Gasteiger partial charge in [0.05, 0.1) is 12.3 Å². The van der Waals surface area contributed by atoms with Crippen molar-refractivity contribution in [2.24, 2.45) is 0 Å². The number of carbonyl (C=O) groups is 4. The number of barbiturate groups is 1. The lowest BCUT2D eigenvalue weighted by molar-refractivity contribution is -0.145. The lowest BCUT2D eigenvalue weighted by atomic mass is 10.1. The summed E-state index contributed by atoms with van der Waals surface area (Å²) in [6.07, 6.45) is 1.39. The van der Waals surface area contributed by atoms with Gasteiger partial charge in [0.25, 0.3) is 11.8 Å². The number of urea groups is 1. The van der Waals surface area contributed by atoms with Crippen LogP contribution in [0.4, 0.5) is 10.5 Å². The Morgan fingerprint density at radius 1 is 1.03 bits per heavy atom. The number of benzene rings is 2. The van der Waals surface area contributed by atoms with Gasteiger partial charge in [-0.25, -0.2) is 14.5 Å². The molecule has 1 N–H and O–H groups in total. The molecule has 8 heteroatoms. The van der Waals surface area contributed by atoms with E-state index in [4.69, 9.17) is 9.47 Å². The zero-order valence-electron chi connectivity index (χ0n) is 16.5. The molecule has 1 fully saturated rings. The number of ether oxygens (including phenoxy) is 2. The molecular formula is C22H20N2O6. The van der Waals surface area contributed by atoms with E-state index in [1.54, 1.807) is 55.5 Å². The van der Waals surface area contributed by atoms with Gasteiger partial charge in [0, 0.05) is 0 Å². The number of hydrogen-bond donors (Lipinski definition) is 1. The molecule has 1 heterocycles. The van der Waals surface area contributed by atoms with Crippen LogP contribution in [0.5, 0.6) is 5.75 Å². The van der Waals surface area contributed by atoms with Crippen molar-refractivity contribution in [3.05, 3.63) is 65.2 Å². The van der Waals surface area contributed by atoms with Gasteiger partial charge in [-0.3, -0.25) is 14.9 Å². The first-order chi connectivity index (χ1) is 14.4. The Labute approximate surface area is 173 Å². The number of amides is 4. The maximum atomic E-state index is 12.8. The molecule has 30 heavy (non-hydrogen) atoms. The van der Waals surface area contributed by atoms with Crippen molar-refractivity contribution in [3.8, 4) is 5.75 Å². The molecule has 1 aliphatic heterocycles. The van der Waals surface area contributed by atoms with Gasteiger partial charge in [0.1, 0.15) is 11.3 Å². The predicted octanol–water partition coefficient (Wildman–Crippen LogP) is 2.60. The third-order valence-electron chi connectivity index (χ3n) is 4.25. The van der Waals surface area contributed by atoms with Crippen LogP contribution in [0, 0.1) is 6.92 Å². The number of aryl methyl sites for hydroxylation is 1. The molecule has 0 spiro atoms. The van der Waals surface area contributed by atoms with Gasteiger partial charge in [-0.2, -0.15) is 0 Å². The molecule has 1 saturated heterocycles. The average Bonchev–Trinajstić information content (AvgIpc) is 2.72. The summed E-state index contributed by atoms with van der Waals surface area (Å²) >= 11 is 0. The second kappa shape index (κ2) is 9.04. The molecule has 0 radical (unpaired) electrons. The zero-order chi connectivity index (χ0) is 21.7. The van der Waals surface area contributed by atoms with Gasteiger partial charge in [-0.15, -0.1) is 0 Å². The highest BCUT2D eigenvalue weighted by Crippen LogP contribution is 2.23. The summed E-state index contributed by atoms with van der Waals surface area (Å²) < 4.78 is 10.1. The topological polar surface area (TPSA) is 102 Å². The molecule has 0 saturated carbocycles. The second-order valence-corrected chi connectivity index (χ2v) is 6.46. The molecule has 0 aromatic heterocycles. The Balaban J connectivity index is 1.78. The van der Waals surface area contributed by atoms with Crippen molar-refractivity contribution < 1.29 is 28.7 Å². The molecule has 2 aromatic rings. The molecular weight excluding hydrogens is 388 g/mol. The summed E-state index contributed by atoms with van der Waals surface area (Å²) in [5.74, 6) is -1.53. The van der Waals surface area contributed by atoms with E-state index in [2.05, 4.69) is 5.32 Å². The summed E-state index contributed by atoms with van der Waals surface area (Å²) in [5, 5.41) is 2.18. The summed E-state index contributed by atoms with van der Waals surface area (Å²) in [6.45, 7) is 3.64. The second-order valence-electron chi connectivity index (χ2n) is 6.46. The molecule has 1 aliphatic rings. The van der Waals surface area contributed by atoms with Crippen molar-refractivity contribution in [1.29, 1.82) is 0 Å². The molecule has 2 aromatic carbocycles. The fourth-order valence-corrected chi connectivity index (χ4v) is 2.76. The lowest BCUT2D eigenvalue weighted by Crippen LogP contribution is -2.54. The van der Waals surface area contributed by atoms with E-state index < -0.39 is 23.8 Å². The maximum Gasteiger partial charge on any atom is 0.344 e. The van der Waals surface area contributed by atoms with Gasteiger partial charge < -0.3 is 9.47 Å². The Hall–Kier alpha value is -3.94. The first-order valence-corrected chi connectivity index (χ1v) is 9.25. The smallest absolute Gasteiger partial charge is 0.344 e. The Kier molecular flexibility index (Phi) is 6.26. The van der Waals surface area contributed by atoms with E-state index in [1.807, 2.05) is 6.92 Å². The number of esters is 1. The third kappa shape index (κ3) is 4.72. The number of hydrogen-bond acceptors (Lipinski definition) is 6.